The van der Waals surface area contributed by atoms with Gasteiger partial charge in [-0.2, -0.15) is 0 Å². The van der Waals surface area contributed by atoms with Crippen LogP contribution in [0, 0.1) is 6.92 Å². The standard InChI is InChI=1S/C15H19N3O2S/c1-3-16-15-18-12(9-21-15)14(20)17-8-13(19)11-7-5-4-6-10(11)2/h4-7,9,13,19H,3,8H2,1-2H3,(H,16,18)(H,17,20). The Bertz CT molecular complexity index is 612. The Balaban J connectivity index is 1.92. The lowest BCUT2D eigenvalue weighted by atomic mass is 10.0. The van der Waals surface area contributed by atoms with Crippen LogP contribution in [0.4, 0.5) is 5.13 Å². The van der Waals surface area contributed by atoms with Gasteiger partial charge in [0.1, 0.15) is 5.69 Å². The Labute approximate surface area is 128 Å². The number of aromatic nitrogens is 1. The van der Waals surface area contributed by atoms with Gasteiger partial charge in [-0.15, -0.1) is 11.3 Å². The lowest BCUT2D eigenvalue weighted by molar-refractivity contribution is 0.0912. The highest BCUT2D eigenvalue weighted by Crippen LogP contribution is 2.17. The van der Waals surface area contributed by atoms with Gasteiger partial charge in [0.15, 0.2) is 5.13 Å². The summed E-state index contributed by atoms with van der Waals surface area (Å²) in [5.74, 6) is -0.275. The molecule has 112 valence electrons. The van der Waals surface area contributed by atoms with Gasteiger partial charge in [0.2, 0.25) is 0 Å². The molecule has 6 heteroatoms. The monoisotopic (exact) mass is 305 g/mol. The second-order valence-electron chi connectivity index (χ2n) is 4.65. The van der Waals surface area contributed by atoms with Crippen LogP contribution in [0.2, 0.25) is 0 Å². The molecule has 0 radical (unpaired) electrons. The maximum atomic E-state index is 12.0. The summed E-state index contributed by atoms with van der Waals surface area (Å²) >= 11 is 1.39. The maximum absolute atomic E-state index is 12.0. The van der Waals surface area contributed by atoms with Crippen molar-refractivity contribution in [3.63, 3.8) is 0 Å². The van der Waals surface area contributed by atoms with Crippen LogP contribution in [0.25, 0.3) is 0 Å². The maximum Gasteiger partial charge on any atom is 0.270 e. The number of nitrogens with zero attached hydrogens (tertiary/aromatic N) is 1. The molecule has 2 rings (SSSR count). The fraction of sp³-hybridized carbons (Fsp3) is 0.333. The number of rotatable bonds is 6. The van der Waals surface area contributed by atoms with E-state index in [1.165, 1.54) is 11.3 Å². The van der Waals surface area contributed by atoms with Gasteiger partial charge in [0, 0.05) is 18.5 Å². The molecule has 0 aliphatic rings. The molecule has 0 saturated carbocycles. The van der Waals surface area contributed by atoms with Crippen LogP contribution in [0.5, 0.6) is 0 Å². The molecule has 1 amide bonds. The lowest BCUT2D eigenvalue weighted by Crippen LogP contribution is -2.28. The van der Waals surface area contributed by atoms with E-state index in [1.807, 2.05) is 38.1 Å². The minimum absolute atomic E-state index is 0.164. The van der Waals surface area contributed by atoms with E-state index >= 15 is 0 Å². The zero-order chi connectivity index (χ0) is 15.2. The number of hydrogen-bond acceptors (Lipinski definition) is 5. The number of thiazole rings is 1. The first-order valence-corrected chi connectivity index (χ1v) is 7.71. The smallest absolute Gasteiger partial charge is 0.270 e. The average Bonchev–Trinajstić information content (AvgIpc) is 2.94. The molecule has 1 atom stereocenters. The van der Waals surface area contributed by atoms with Crippen LogP contribution in [-0.2, 0) is 0 Å². The Morgan fingerprint density at radius 3 is 2.90 bits per heavy atom. The van der Waals surface area contributed by atoms with Crippen molar-refractivity contribution in [3.05, 3.63) is 46.5 Å². The van der Waals surface area contributed by atoms with Crippen molar-refractivity contribution in [2.75, 3.05) is 18.4 Å². The van der Waals surface area contributed by atoms with Crippen molar-refractivity contribution in [2.45, 2.75) is 20.0 Å². The fourth-order valence-electron chi connectivity index (χ4n) is 1.96. The molecule has 1 aromatic carbocycles. The van der Waals surface area contributed by atoms with E-state index in [0.717, 1.165) is 22.8 Å². The Kier molecular flexibility index (Phi) is 5.30. The highest BCUT2D eigenvalue weighted by atomic mass is 32.1. The van der Waals surface area contributed by atoms with E-state index in [1.54, 1.807) is 5.38 Å². The van der Waals surface area contributed by atoms with Gasteiger partial charge in [0.05, 0.1) is 6.10 Å². The number of anilines is 1. The summed E-state index contributed by atoms with van der Waals surface area (Å²) in [6, 6.07) is 7.58. The Morgan fingerprint density at radius 2 is 2.19 bits per heavy atom. The summed E-state index contributed by atoms with van der Waals surface area (Å²) < 4.78 is 0. The van der Waals surface area contributed by atoms with Crippen molar-refractivity contribution in [3.8, 4) is 0 Å². The van der Waals surface area contributed by atoms with Gasteiger partial charge >= 0.3 is 0 Å². The molecule has 0 saturated heterocycles. The van der Waals surface area contributed by atoms with Crippen LogP contribution in [-0.4, -0.2) is 29.1 Å². The predicted octanol–water partition coefficient (Wildman–Crippen LogP) is 2.35. The number of amides is 1. The van der Waals surface area contributed by atoms with Crippen LogP contribution in [0.1, 0.15) is 34.6 Å². The third-order valence-electron chi connectivity index (χ3n) is 3.07. The Morgan fingerprint density at radius 1 is 1.43 bits per heavy atom. The van der Waals surface area contributed by atoms with E-state index in [4.69, 9.17) is 0 Å². The summed E-state index contributed by atoms with van der Waals surface area (Å²) in [5, 5.41) is 18.3. The van der Waals surface area contributed by atoms with E-state index in [2.05, 4.69) is 15.6 Å². The third-order valence-corrected chi connectivity index (χ3v) is 3.87. The van der Waals surface area contributed by atoms with Gasteiger partial charge in [0.25, 0.3) is 5.91 Å². The molecule has 1 aromatic heterocycles. The van der Waals surface area contributed by atoms with E-state index < -0.39 is 6.10 Å². The van der Waals surface area contributed by atoms with Gasteiger partial charge < -0.3 is 15.7 Å². The molecule has 0 aliphatic heterocycles. The average molecular weight is 305 g/mol. The molecular weight excluding hydrogens is 286 g/mol. The van der Waals surface area contributed by atoms with Crippen molar-refractivity contribution in [2.24, 2.45) is 0 Å². The number of aryl methyl sites for hydroxylation is 1. The predicted molar refractivity (Wildman–Crippen MR) is 84.7 cm³/mol. The molecular formula is C15H19N3O2S. The number of carbonyl (C=O) groups excluding carboxylic acids is 1. The highest BCUT2D eigenvalue weighted by molar-refractivity contribution is 7.13. The summed E-state index contributed by atoms with van der Waals surface area (Å²) in [6.45, 7) is 4.83. The number of nitrogens with one attached hydrogen (secondary N) is 2. The van der Waals surface area contributed by atoms with Gasteiger partial charge in [-0.1, -0.05) is 24.3 Å². The van der Waals surface area contributed by atoms with Crippen molar-refractivity contribution in [1.82, 2.24) is 10.3 Å². The van der Waals surface area contributed by atoms with E-state index in [9.17, 15) is 9.90 Å². The van der Waals surface area contributed by atoms with Crippen LogP contribution >= 0.6 is 11.3 Å². The molecule has 1 heterocycles. The molecule has 2 aromatic rings. The first-order chi connectivity index (χ1) is 10.1. The number of aliphatic hydroxyl groups excluding tert-OH is 1. The summed E-state index contributed by atoms with van der Waals surface area (Å²) in [6.07, 6.45) is -0.720. The van der Waals surface area contributed by atoms with Crippen molar-refractivity contribution >= 4 is 22.4 Å². The molecule has 0 aliphatic carbocycles. The summed E-state index contributed by atoms with van der Waals surface area (Å²) in [5.41, 5.74) is 2.19. The molecule has 0 fully saturated rings. The summed E-state index contributed by atoms with van der Waals surface area (Å²) in [4.78, 5) is 16.2. The van der Waals surface area contributed by atoms with Gasteiger partial charge in [-0.25, -0.2) is 4.98 Å². The second-order valence-corrected chi connectivity index (χ2v) is 5.51. The normalized spacial score (nSPS) is 12.0. The highest BCUT2D eigenvalue weighted by Gasteiger charge is 2.14. The van der Waals surface area contributed by atoms with Crippen molar-refractivity contribution < 1.29 is 9.90 Å². The first-order valence-electron chi connectivity index (χ1n) is 6.83. The minimum atomic E-state index is -0.720. The topological polar surface area (TPSA) is 74.2 Å². The molecule has 5 nitrogen and oxygen atoms in total. The van der Waals surface area contributed by atoms with Crippen LogP contribution in [0.3, 0.4) is 0 Å². The SMILES string of the molecule is CCNc1nc(C(=O)NCC(O)c2ccccc2C)cs1. The largest absolute Gasteiger partial charge is 0.387 e. The van der Waals surface area contributed by atoms with Gasteiger partial charge in [-0.05, 0) is 25.0 Å². The number of aliphatic hydroxyl groups is 1. The van der Waals surface area contributed by atoms with Crippen molar-refractivity contribution in [1.29, 1.82) is 0 Å². The molecule has 1 unspecified atom stereocenters. The molecule has 21 heavy (non-hydrogen) atoms. The number of carbonyl (C=O) groups is 1. The van der Waals surface area contributed by atoms with Gasteiger partial charge in [-0.3, -0.25) is 4.79 Å². The van der Waals surface area contributed by atoms with Crippen LogP contribution in [0.15, 0.2) is 29.6 Å². The molecule has 0 bridgehead atoms. The zero-order valence-corrected chi connectivity index (χ0v) is 12.9. The first kappa shape index (κ1) is 15.5. The third kappa shape index (κ3) is 4.03. The second kappa shape index (κ2) is 7.19. The van der Waals surface area contributed by atoms with E-state index in [0.29, 0.717) is 5.69 Å². The molecule has 3 N–H and O–H groups in total. The van der Waals surface area contributed by atoms with E-state index in [-0.39, 0.29) is 12.5 Å². The number of benzene rings is 1. The van der Waals surface area contributed by atoms with Crippen LogP contribution < -0.4 is 10.6 Å². The fourth-order valence-corrected chi connectivity index (χ4v) is 2.72. The number of hydrogen-bond donors (Lipinski definition) is 3. The quantitative estimate of drug-likeness (QED) is 0.766. The minimum Gasteiger partial charge on any atom is -0.387 e. The molecule has 0 spiro atoms. The zero-order valence-electron chi connectivity index (χ0n) is 12.1. The Hall–Kier alpha value is -1.92. The summed E-state index contributed by atoms with van der Waals surface area (Å²) in [7, 11) is 0. The lowest BCUT2D eigenvalue weighted by Gasteiger charge is -2.14.